The molecule has 1 atom stereocenters. The first-order valence-electron chi connectivity index (χ1n) is 8.39. The summed E-state index contributed by atoms with van der Waals surface area (Å²) in [5, 5.41) is 4.10. The molecular formula is C17H22N4O2S. The summed E-state index contributed by atoms with van der Waals surface area (Å²) in [5.41, 5.74) is 1.88. The fraction of sp³-hybridized carbons (Fsp3) is 0.529. The first-order chi connectivity index (χ1) is 11.8. The second-order valence-corrected chi connectivity index (χ2v) is 6.74. The van der Waals surface area contributed by atoms with Crippen molar-refractivity contribution in [3.63, 3.8) is 0 Å². The average Bonchev–Trinajstić information content (AvgIpc) is 3.09. The summed E-state index contributed by atoms with van der Waals surface area (Å²) in [6, 6.07) is 3.90. The van der Waals surface area contributed by atoms with Gasteiger partial charge >= 0.3 is 0 Å². The number of nitrogens with zero attached hydrogens (tertiary/aromatic N) is 4. The first kappa shape index (κ1) is 17.0. The van der Waals surface area contributed by atoms with E-state index in [4.69, 9.17) is 4.74 Å². The van der Waals surface area contributed by atoms with E-state index in [0.717, 1.165) is 43.5 Å². The molecule has 24 heavy (non-hydrogen) atoms. The van der Waals surface area contributed by atoms with Gasteiger partial charge in [-0.05, 0) is 42.4 Å². The number of carbonyl (C=O) groups is 1. The number of aromatic nitrogens is 3. The van der Waals surface area contributed by atoms with Gasteiger partial charge in [0, 0.05) is 25.5 Å². The highest BCUT2D eigenvalue weighted by Crippen LogP contribution is 2.20. The summed E-state index contributed by atoms with van der Waals surface area (Å²) in [5.74, 6) is 0.0446. The van der Waals surface area contributed by atoms with E-state index < -0.39 is 0 Å². The number of amides is 1. The van der Waals surface area contributed by atoms with Gasteiger partial charge in [0.1, 0.15) is 4.88 Å². The molecule has 1 fully saturated rings. The number of hydrogen-bond acceptors (Lipinski definition) is 6. The molecule has 0 aromatic carbocycles. The molecule has 0 aliphatic carbocycles. The Morgan fingerprint density at radius 3 is 3.21 bits per heavy atom. The number of likely N-dealkylation sites (tertiary alicyclic amines) is 1. The van der Waals surface area contributed by atoms with Crippen LogP contribution < -0.4 is 0 Å². The van der Waals surface area contributed by atoms with Gasteiger partial charge in [0.25, 0.3) is 5.91 Å². The molecule has 128 valence electrons. The predicted molar refractivity (Wildman–Crippen MR) is 91.9 cm³/mol. The van der Waals surface area contributed by atoms with Crippen LogP contribution >= 0.6 is 11.5 Å². The minimum Gasteiger partial charge on any atom is -0.372 e. The van der Waals surface area contributed by atoms with E-state index in [-0.39, 0.29) is 12.0 Å². The van der Waals surface area contributed by atoms with Crippen molar-refractivity contribution in [3.05, 3.63) is 40.7 Å². The van der Waals surface area contributed by atoms with Crippen molar-refractivity contribution in [2.75, 3.05) is 13.1 Å². The quantitative estimate of drug-likeness (QED) is 0.804. The monoisotopic (exact) mass is 346 g/mol. The number of pyridine rings is 1. The lowest BCUT2D eigenvalue weighted by atomic mass is 10.1. The van der Waals surface area contributed by atoms with Gasteiger partial charge in [0.05, 0.1) is 18.4 Å². The number of aryl methyl sites for hydroxylation is 1. The molecule has 3 rings (SSSR count). The minimum atomic E-state index is 0.0446. The van der Waals surface area contributed by atoms with E-state index in [9.17, 15) is 4.79 Å². The SMILES string of the molecule is CCCc1nnsc1C(=O)N1CCC[C@H](OCc2cccnc2)C1. The van der Waals surface area contributed by atoms with E-state index in [1.165, 1.54) is 11.5 Å². The zero-order chi connectivity index (χ0) is 16.8. The Balaban J connectivity index is 1.58. The Kier molecular flexibility index (Phi) is 5.87. The van der Waals surface area contributed by atoms with Crippen molar-refractivity contribution < 1.29 is 9.53 Å². The van der Waals surface area contributed by atoms with Crippen LogP contribution in [0.2, 0.25) is 0 Å². The van der Waals surface area contributed by atoms with Crippen LogP contribution in [0, 0.1) is 0 Å². The van der Waals surface area contributed by atoms with Crippen LogP contribution in [0.3, 0.4) is 0 Å². The first-order valence-corrected chi connectivity index (χ1v) is 9.16. The molecule has 0 bridgehead atoms. The Morgan fingerprint density at radius 2 is 2.42 bits per heavy atom. The topological polar surface area (TPSA) is 68.2 Å². The lowest BCUT2D eigenvalue weighted by Gasteiger charge is -2.32. The summed E-state index contributed by atoms with van der Waals surface area (Å²) in [4.78, 5) is 19.4. The van der Waals surface area contributed by atoms with Crippen LogP contribution in [-0.4, -0.2) is 44.6 Å². The maximum Gasteiger partial charge on any atom is 0.267 e. The zero-order valence-corrected chi connectivity index (χ0v) is 14.7. The number of rotatable bonds is 6. The number of carbonyl (C=O) groups excluding carboxylic acids is 1. The summed E-state index contributed by atoms with van der Waals surface area (Å²) in [6.07, 6.45) is 7.33. The van der Waals surface area contributed by atoms with Gasteiger partial charge in [-0.25, -0.2) is 0 Å². The molecule has 2 aromatic heterocycles. The van der Waals surface area contributed by atoms with Gasteiger partial charge < -0.3 is 9.64 Å². The maximum absolute atomic E-state index is 12.8. The Hall–Kier alpha value is -1.86. The summed E-state index contributed by atoms with van der Waals surface area (Å²) >= 11 is 1.20. The molecule has 0 radical (unpaired) electrons. The third kappa shape index (κ3) is 4.15. The summed E-state index contributed by atoms with van der Waals surface area (Å²) in [7, 11) is 0. The predicted octanol–water partition coefficient (Wildman–Crippen LogP) is 2.71. The van der Waals surface area contributed by atoms with Crippen LogP contribution in [0.5, 0.6) is 0 Å². The van der Waals surface area contributed by atoms with Crippen molar-refractivity contribution in [1.29, 1.82) is 0 Å². The normalized spacial score (nSPS) is 17.9. The van der Waals surface area contributed by atoms with Crippen LogP contribution in [0.25, 0.3) is 0 Å². The van der Waals surface area contributed by atoms with Crippen molar-refractivity contribution >= 4 is 17.4 Å². The highest BCUT2D eigenvalue weighted by Gasteiger charge is 2.27. The third-order valence-corrected chi connectivity index (χ3v) is 4.87. The van der Waals surface area contributed by atoms with Crippen molar-refractivity contribution in [2.24, 2.45) is 0 Å². The zero-order valence-electron chi connectivity index (χ0n) is 13.9. The number of ether oxygens (including phenoxy) is 1. The van der Waals surface area contributed by atoms with E-state index in [1.807, 2.05) is 23.2 Å². The molecular weight excluding hydrogens is 324 g/mol. The highest BCUT2D eigenvalue weighted by atomic mass is 32.1. The molecule has 0 saturated carbocycles. The fourth-order valence-electron chi connectivity index (χ4n) is 2.87. The van der Waals surface area contributed by atoms with Crippen LogP contribution in [-0.2, 0) is 17.8 Å². The van der Waals surface area contributed by atoms with Gasteiger partial charge in [-0.15, -0.1) is 5.10 Å². The standard InChI is InChI=1S/C17H22N4O2S/c1-2-5-15-16(24-20-19-15)17(22)21-9-4-7-14(11-21)23-12-13-6-3-8-18-10-13/h3,6,8,10,14H,2,4-5,7,9,11-12H2,1H3/t14-/m0/s1. The molecule has 0 unspecified atom stereocenters. The fourth-order valence-corrected chi connectivity index (χ4v) is 3.55. The second kappa shape index (κ2) is 8.30. The van der Waals surface area contributed by atoms with Crippen molar-refractivity contribution in [2.45, 2.75) is 45.3 Å². The molecule has 1 aliphatic rings. The van der Waals surface area contributed by atoms with Gasteiger partial charge in [-0.1, -0.05) is 23.9 Å². The van der Waals surface area contributed by atoms with Gasteiger partial charge in [0.2, 0.25) is 0 Å². The van der Waals surface area contributed by atoms with E-state index in [2.05, 4.69) is 21.5 Å². The highest BCUT2D eigenvalue weighted by molar-refractivity contribution is 7.08. The molecule has 0 N–H and O–H groups in total. The largest absolute Gasteiger partial charge is 0.372 e. The lowest BCUT2D eigenvalue weighted by Crippen LogP contribution is -2.43. The number of piperidine rings is 1. The van der Waals surface area contributed by atoms with E-state index >= 15 is 0 Å². The van der Waals surface area contributed by atoms with Crippen LogP contribution in [0.1, 0.15) is 47.1 Å². The number of hydrogen-bond donors (Lipinski definition) is 0. The molecule has 1 aliphatic heterocycles. The van der Waals surface area contributed by atoms with Gasteiger partial charge in [0.15, 0.2) is 0 Å². The third-order valence-electron chi connectivity index (χ3n) is 4.11. The summed E-state index contributed by atoms with van der Waals surface area (Å²) in [6.45, 7) is 4.01. The molecule has 1 saturated heterocycles. The Bertz CT molecular complexity index is 662. The molecule has 1 amide bonds. The van der Waals surface area contributed by atoms with Gasteiger partial charge in [-0.3, -0.25) is 9.78 Å². The Labute approximate surface area is 146 Å². The van der Waals surface area contributed by atoms with Crippen molar-refractivity contribution in [3.8, 4) is 0 Å². The smallest absolute Gasteiger partial charge is 0.267 e. The minimum absolute atomic E-state index is 0.0446. The maximum atomic E-state index is 12.8. The second-order valence-electron chi connectivity index (χ2n) is 5.99. The van der Waals surface area contributed by atoms with E-state index in [0.29, 0.717) is 18.0 Å². The summed E-state index contributed by atoms with van der Waals surface area (Å²) < 4.78 is 9.94. The molecule has 0 spiro atoms. The average molecular weight is 346 g/mol. The molecule has 3 heterocycles. The lowest BCUT2D eigenvalue weighted by molar-refractivity contribution is -0.00671. The molecule has 7 heteroatoms. The van der Waals surface area contributed by atoms with Crippen molar-refractivity contribution in [1.82, 2.24) is 19.5 Å². The molecule has 2 aromatic rings. The molecule has 6 nitrogen and oxygen atoms in total. The Morgan fingerprint density at radius 1 is 1.50 bits per heavy atom. The van der Waals surface area contributed by atoms with E-state index in [1.54, 1.807) is 6.20 Å². The van der Waals surface area contributed by atoms with Crippen LogP contribution in [0.4, 0.5) is 0 Å². The van der Waals surface area contributed by atoms with Crippen LogP contribution in [0.15, 0.2) is 24.5 Å². The van der Waals surface area contributed by atoms with Gasteiger partial charge in [-0.2, -0.15) is 0 Å².